The molecule has 1 N–H and O–H groups in total. The zero-order valence-corrected chi connectivity index (χ0v) is 19.9. The predicted octanol–water partition coefficient (Wildman–Crippen LogP) is 5.93. The van der Waals surface area contributed by atoms with Gasteiger partial charge < -0.3 is 14.4 Å². The zero-order valence-electron chi connectivity index (χ0n) is 19.9. The number of carbonyl (C=O) groups excluding carboxylic acids is 1. The monoisotopic (exact) mass is 477 g/mol. The summed E-state index contributed by atoms with van der Waals surface area (Å²) in [5.41, 5.74) is 2.68. The Morgan fingerprint density at radius 3 is 2.31 bits per heavy atom. The highest BCUT2D eigenvalue weighted by Gasteiger charge is 2.18. The SMILES string of the molecule is CC(C)Cc1cc(F)c(Cn2cc(CC(O)COC(=O)c3ccccc3)c3ccccc32)c(F)c1. The molecule has 0 saturated heterocycles. The molecular formula is C29H29F2NO3. The molecule has 4 rings (SSSR count). The Morgan fingerprint density at radius 2 is 1.63 bits per heavy atom. The number of fused-ring (bicyclic) bond motifs is 1. The maximum Gasteiger partial charge on any atom is 0.338 e. The Morgan fingerprint density at radius 1 is 0.971 bits per heavy atom. The molecule has 1 aromatic heterocycles. The Kier molecular flexibility index (Phi) is 7.61. The Hall–Kier alpha value is -3.51. The largest absolute Gasteiger partial charge is 0.459 e. The second-order valence-electron chi connectivity index (χ2n) is 9.26. The van der Waals surface area contributed by atoms with E-state index < -0.39 is 23.7 Å². The van der Waals surface area contributed by atoms with Gasteiger partial charge in [0.2, 0.25) is 0 Å². The molecule has 6 heteroatoms. The molecular weight excluding hydrogens is 448 g/mol. The summed E-state index contributed by atoms with van der Waals surface area (Å²) in [6.45, 7) is 3.88. The first-order chi connectivity index (χ1) is 16.8. The number of halogens is 2. The summed E-state index contributed by atoms with van der Waals surface area (Å²) in [5, 5.41) is 11.4. The van der Waals surface area contributed by atoms with E-state index in [1.54, 1.807) is 41.1 Å². The molecule has 4 nitrogen and oxygen atoms in total. The van der Waals surface area contributed by atoms with E-state index in [0.29, 0.717) is 23.5 Å². The third kappa shape index (κ3) is 5.95. The van der Waals surface area contributed by atoms with Gasteiger partial charge in [0, 0.05) is 29.1 Å². The number of carbonyl (C=O) groups is 1. The van der Waals surface area contributed by atoms with Gasteiger partial charge in [0.1, 0.15) is 18.2 Å². The summed E-state index contributed by atoms with van der Waals surface area (Å²) in [7, 11) is 0. The van der Waals surface area contributed by atoms with Gasteiger partial charge >= 0.3 is 5.97 Å². The van der Waals surface area contributed by atoms with E-state index >= 15 is 0 Å². The first kappa shape index (κ1) is 24.6. The maximum atomic E-state index is 14.8. The van der Waals surface area contributed by atoms with Gasteiger partial charge in [0.15, 0.2) is 0 Å². The number of aliphatic hydroxyl groups excluding tert-OH is 1. The normalized spacial score (nSPS) is 12.3. The molecule has 4 aromatic rings. The van der Waals surface area contributed by atoms with E-state index in [4.69, 9.17) is 4.74 Å². The average molecular weight is 478 g/mol. The van der Waals surface area contributed by atoms with E-state index in [-0.39, 0.29) is 25.1 Å². The van der Waals surface area contributed by atoms with Gasteiger partial charge in [-0.05, 0) is 53.8 Å². The molecule has 1 unspecified atom stereocenters. The van der Waals surface area contributed by atoms with Crippen molar-refractivity contribution in [1.82, 2.24) is 4.57 Å². The van der Waals surface area contributed by atoms with Gasteiger partial charge in [-0.2, -0.15) is 0 Å². The molecule has 1 atom stereocenters. The lowest BCUT2D eigenvalue weighted by Crippen LogP contribution is -2.21. The van der Waals surface area contributed by atoms with Gasteiger partial charge in [-0.15, -0.1) is 0 Å². The van der Waals surface area contributed by atoms with E-state index in [1.807, 2.05) is 38.1 Å². The number of rotatable bonds is 9. The Balaban J connectivity index is 1.51. The fourth-order valence-corrected chi connectivity index (χ4v) is 4.32. The van der Waals surface area contributed by atoms with E-state index in [9.17, 15) is 18.7 Å². The summed E-state index contributed by atoms with van der Waals surface area (Å²) in [6, 6.07) is 18.9. The fraction of sp³-hybridized carbons (Fsp3) is 0.276. The molecule has 1 heterocycles. The lowest BCUT2D eigenvalue weighted by molar-refractivity contribution is 0.0259. The Labute approximate surface area is 203 Å². The molecule has 0 spiro atoms. The molecule has 0 amide bonds. The van der Waals surface area contributed by atoms with Crippen LogP contribution in [-0.2, 0) is 24.1 Å². The van der Waals surface area contributed by atoms with Crippen LogP contribution in [0, 0.1) is 17.6 Å². The summed E-state index contributed by atoms with van der Waals surface area (Å²) < 4.78 is 36.7. The van der Waals surface area contributed by atoms with Crippen LogP contribution >= 0.6 is 0 Å². The lowest BCUT2D eigenvalue weighted by atomic mass is 10.0. The summed E-state index contributed by atoms with van der Waals surface area (Å²) in [5.74, 6) is -1.33. The predicted molar refractivity (Wildman–Crippen MR) is 132 cm³/mol. The number of hydrogen-bond acceptors (Lipinski definition) is 3. The topological polar surface area (TPSA) is 51.5 Å². The second-order valence-corrected chi connectivity index (χ2v) is 9.26. The van der Waals surface area contributed by atoms with Crippen molar-refractivity contribution in [2.45, 2.75) is 39.3 Å². The van der Waals surface area contributed by atoms with Crippen molar-refractivity contribution in [2.24, 2.45) is 5.92 Å². The molecule has 35 heavy (non-hydrogen) atoms. The van der Waals surface area contributed by atoms with Crippen LogP contribution in [0.5, 0.6) is 0 Å². The zero-order chi connectivity index (χ0) is 24.9. The van der Waals surface area contributed by atoms with Crippen molar-refractivity contribution in [1.29, 1.82) is 0 Å². The minimum absolute atomic E-state index is 0.00199. The van der Waals surface area contributed by atoms with Crippen molar-refractivity contribution in [2.75, 3.05) is 6.61 Å². The fourth-order valence-electron chi connectivity index (χ4n) is 4.32. The quantitative estimate of drug-likeness (QED) is 0.304. The number of aromatic nitrogens is 1. The van der Waals surface area contributed by atoms with Crippen LogP contribution in [0.25, 0.3) is 10.9 Å². The van der Waals surface area contributed by atoms with E-state index in [0.717, 1.165) is 16.5 Å². The van der Waals surface area contributed by atoms with E-state index in [1.165, 1.54) is 12.1 Å². The number of benzene rings is 3. The molecule has 0 aliphatic carbocycles. The molecule has 0 bridgehead atoms. The van der Waals surface area contributed by atoms with Crippen molar-refractivity contribution >= 4 is 16.9 Å². The maximum absolute atomic E-state index is 14.8. The van der Waals surface area contributed by atoms with Gasteiger partial charge in [0.25, 0.3) is 0 Å². The molecule has 0 aliphatic heterocycles. The lowest BCUT2D eigenvalue weighted by Gasteiger charge is -2.12. The van der Waals surface area contributed by atoms with Crippen molar-refractivity contribution in [3.8, 4) is 0 Å². The second kappa shape index (κ2) is 10.8. The van der Waals surface area contributed by atoms with E-state index in [2.05, 4.69) is 0 Å². The molecule has 3 aromatic carbocycles. The smallest absolute Gasteiger partial charge is 0.338 e. The molecule has 0 aliphatic rings. The minimum atomic E-state index is -0.925. The van der Waals surface area contributed by atoms with Crippen LogP contribution in [0.4, 0.5) is 8.78 Å². The third-order valence-corrected chi connectivity index (χ3v) is 5.92. The number of aliphatic hydroxyl groups is 1. The van der Waals surface area contributed by atoms with Crippen molar-refractivity contribution in [3.63, 3.8) is 0 Å². The highest BCUT2D eigenvalue weighted by molar-refractivity contribution is 5.89. The molecule has 0 saturated carbocycles. The van der Waals surface area contributed by atoms with Crippen molar-refractivity contribution in [3.05, 3.63) is 107 Å². The van der Waals surface area contributed by atoms with Crippen LogP contribution < -0.4 is 0 Å². The third-order valence-electron chi connectivity index (χ3n) is 5.92. The van der Waals surface area contributed by atoms with Crippen LogP contribution in [0.1, 0.15) is 40.9 Å². The number of hydrogen-bond donors (Lipinski definition) is 1. The molecule has 182 valence electrons. The number of esters is 1. The number of ether oxygens (including phenoxy) is 1. The average Bonchev–Trinajstić information content (AvgIpc) is 3.17. The molecule has 0 fully saturated rings. The Bertz CT molecular complexity index is 1290. The highest BCUT2D eigenvalue weighted by atomic mass is 19.1. The summed E-state index contributed by atoms with van der Waals surface area (Å²) in [6.07, 6.45) is 1.71. The van der Waals surface area contributed by atoms with Gasteiger partial charge in [-0.3, -0.25) is 0 Å². The van der Waals surface area contributed by atoms with Gasteiger partial charge in [-0.1, -0.05) is 50.2 Å². The number of para-hydroxylation sites is 1. The highest BCUT2D eigenvalue weighted by Crippen LogP contribution is 2.26. The summed E-state index contributed by atoms with van der Waals surface area (Å²) >= 11 is 0. The van der Waals surface area contributed by atoms with Crippen LogP contribution in [0.15, 0.2) is 72.9 Å². The minimum Gasteiger partial charge on any atom is -0.459 e. The number of nitrogens with zero attached hydrogens (tertiary/aromatic N) is 1. The van der Waals surface area contributed by atoms with Crippen LogP contribution in [0.2, 0.25) is 0 Å². The van der Waals surface area contributed by atoms with Crippen LogP contribution in [0.3, 0.4) is 0 Å². The van der Waals surface area contributed by atoms with Crippen molar-refractivity contribution < 1.29 is 23.4 Å². The van der Waals surface area contributed by atoms with Crippen LogP contribution in [-0.4, -0.2) is 28.4 Å². The standard InChI is InChI=1S/C29H29F2NO3/c1-19(2)12-20-13-26(30)25(27(31)14-20)17-32-16-22(24-10-6-7-11-28(24)32)15-23(33)18-35-29(34)21-8-4-3-5-9-21/h3-11,13-14,16,19,23,33H,12,15,17-18H2,1-2H3. The first-order valence-corrected chi connectivity index (χ1v) is 11.8. The summed E-state index contributed by atoms with van der Waals surface area (Å²) in [4.78, 5) is 12.2. The first-order valence-electron chi connectivity index (χ1n) is 11.8. The molecule has 0 radical (unpaired) electrons. The van der Waals surface area contributed by atoms with Gasteiger partial charge in [-0.25, -0.2) is 13.6 Å². The van der Waals surface area contributed by atoms with Gasteiger partial charge in [0.05, 0.1) is 18.2 Å².